The Morgan fingerprint density at radius 2 is 2.21 bits per heavy atom. The molecule has 0 radical (unpaired) electrons. The van der Waals surface area contributed by atoms with Crippen LogP contribution in [0.25, 0.3) is 11.3 Å². The van der Waals surface area contributed by atoms with E-state index in [1.54, 1.807) is 4.68 Å². The summed E-state index contributed by atoms with van der Waals surface area (Å²) in [5.74, 6) is 1.16. The average Bonchev–Trinajstić information content (AvgIpc) is 2.97. The lowest BCUT2D eigenvalue weighted by atomic mass is 10.1. The topological polar surface area (TPSA) is 93.8 Å². The Morgan fingerprint density at radius 1 is 1.42 bits per heavy atom. The second-order valence-electron chi connectivity index (χ2n) is 4.79. The van der Waals surface area contributed by atoms with Gasteiger partial charge >= 0.3 is 0 Å². The van der Waals surface area contributed by atoms with Crippen molar-refractivity contribution in [1.82, 2.24) is 25.3 Å². The Balaban J connectivity index is 1.74. The number of aryl methyl sites for hydroxylation is 1. The third-order valence-electron chi connectivity index (χ3n) is 3.27. The summed E-state index contributed by atoms with van der Waals surface area (Å²) in [4.78, 5) is 0. The van der Waals surface area contributed by atoms with Gasteiger partial charge < -0.3 is 15.8 Å². The number of nitrogen functional groups attached to an aromatic ring is 1. The number of ether oxygens (including phenoxy) is 1. The SMILES string of the molecule is Cn1cc(-c2cc(OC3CCNCC3)[nH]n2)c(N)n1. The molecular weight excluding hydrogens is 244 g/mol. The molecule has 0 atom stereocenters. The van der Waals surface area contributed by atoms with Gasteiger partial charge in [0.05, 0.1) is 5.56 Å². The summed E-state index contributed by atoms with van der Waals surface area (Å²) in [7, 11) is 1.83. The number of nitrogens with zero attached hydrogens (tertiary/aromatic N) is 3. The van der Waals surface area contributed by atoms with Gasteiger partial charge in [0, 0.05) is 19.3 Å². The molecule has 1 aliphatic rings. The molecule has 102 valence electrons. The third kappa shape index (κ3) is 2.55. The van der Waals surface area contributed by atoms with Crippen molar-refractivity contribution in [2.24, 2.45) is 7.05 Å². The molecule has 7 nitrogen and oxygen atoms in total. The molecule has 0 aromatic carbocycles. The minimum Gasteiger partial charge on any atom is -0.475 e. The molecule has 0 spiro atoms. The zero-order valence-corrected chi connectivity index (χ0v) is 10.9. The number of aromatic nitrogens is 4. The van der Waals surface area contributed by atoms with Crippen LogP contribution in [0.15, 0.2) is 12.3 Å². The summed E-state index contributed by atoms with van der Waals surface area (Å²) in [6, 6.07) is 1.87. The highest BCUT2D eigenvalue weighted by molar-refractivity contribution is 5.70. The minimum atomic E-state index is 0.251. The normalized spacial score (nSPS) is 16.7. The van der Waals surface area contributed by atoms with E-state index in [1.807, 2.05) is 19.3 Å². The molecule has 7 heteroatoms. The molecule has 2 aromatic rings. The summed E-state index contributed by atoms with van der Waals surface area (Å²) in [5, 5.41) is 14.5. The van der Waals surface area contributed by atoms with Crippen LogP contribution in [0.5, 0.6) is 5.88 Å². The number of anilines is 1. The molecule has 19 heavy (non-hydrogen) atoms. The van der Waals surface area contributed by atoms with Crippen molar-refractivity contribution >= 4 is 5.82 Å². The first-order valence-electron chi connectivity index (χ1n) is 6.44. The molecule has 0 unspecified atom stereocenters. The molecule has 3 heterocycles. The van der Waals surface area contributed by atoms with E-state index in [0.717, 1.165) is 37.2 Å². The van der Waals surface area contributed by atoms with Crippen molar-refractivity contribution in [2.45, 2.75) is 18.9 Å². The number of hydrogen-bond acceptors (Lipinski definition) is 5. The Bertz CT molecular complexity index is 554. The zero-order chi connectivity index (χ0) is 13.2. The monoisotopic (exact) mass is 262 g/mol. The first-order valence-corrected chi connectivity index (χ1v) is 6.44. The highest BCUT2D eigenvalue weighted by Crippen LogP contribution is 2.26. The summed E-state index contributed by atoms with van der Waals surface area (Å²) < 4.78 is 7.55. The van der Waals surface area contributed by atoms with Gasteiger partial charge in [-0.25, -0.2) is 5.10 Å². The highest BCUT2D eigenvalue weighted by atomic mass is 16.5. The van der Waals surface area contributed by atoms with E-state index < -0.39 is 0 Å². The molecule has 1 fully saturated rings. The highest BCUT2D eigenvalue weighted by Gasteiger charge is 2.17. The summed E-state index contributed by atoms with van der Waals surface area (Å²) >= 11 is 0. The predicted octanol–water partition coefficient (Wildman–Crippen LogP) is 0.523. The van der Waals surface area contributed by atoms with Crippen LogP contribution in [0.3, 0.4) is 0 Å². The van der Waals surface area contributed by atoms with Gasteiger partial charge in [0.15, 0.2) is 5.82 Å². The molecule has 1 saturated heterocycles. The molecule has 3 rings (SSSR count). The van der Waals surface area contributed by atoms with Crippen molar-refractivity contribution in [2.75, 3.05) is 18.8 Å². The van der Waals surface area contributed by atoms with Gasteiger partial charge in [-0.05, 0) is 25.9 Å². The summed E-state index contributed by atoms with van der Waals surface area (Å²) in [6.45, 7) is 2.00. The van der Waals surface area contributed by atoms with Crippen LogP contribution in [0.4, 0.5) is 5.82 Å². The molecule has 0 amide bonds. The van der Waals surface area contributed by atoms with Crippen molar-refractivity contribution in [3.63, 3.8) is 0 Å². The first kappa shape index (κ1) is 12.0. The van der Waals surface area contributed by atoms with Crippen molar-refractivity contribution in [3.8, 4) is 17.1 Å². The van der Waals surface area contributed by atoms with Crippen LogP contribution >= 0.6 is 0 Å². The average molecular weight is 262 g/mol. The Kier molecular flexibility index (Phi) is 3.12. The van der Waals surface area contributed by atoms with E-state index >= 15 is 0 Å². The minimum absolute atomic E-state index is 0.251. The van der Waals surface area contributed by atoms with Crippen LogP contribution in [0.2, 0.25) is 0 Å². The van der Waals surface area contributed by atoms with Crippen molar-refractivity contribution in [1.29, 1.82) is 0 Å². The Morgan fingerprint density at radius 3 is 2.89 bits per heavy atom. The molecule has 2 aromatic heterocycles. The van der Waals surface area contributed by atoms with Crippen molar-refractivity contribution in [3.05, 3.63) is 12.3 Å². The number of H-pyrrole nitrogens is 1. The lowest BCUT2D eigenvalue weighted by Crippen LogP contribution is -2.34. The smallest absolute Gasteiger partial charge is 0.209 e. The van der Waals surface area contributed by atoms with Crippen LogP contribution < -0.4 is 15.8 Å². The molecule has 1 aliphatic heterocycles. The third-order valence-corrected chi connectivity index (χ3v) is 3.27. The number of aromatic amines is 1. The van der Waals surface area contributed by atoms with Crippen LogP contribution in [-0.2, 0) is 7.05 Å². The van der Waals surface area contributed by atoms with Gasteiger partial charge in [-0.3, -0.25) is 4.68 Å². The quantitative estimate of drug-likeness (QED) is 0.750. The molecule has 4 N–H and O–H groups in total. The fourth-order valence-electron chi connectivity index (χ4n) is 2.30. The lowest BCUT2D eigenvalue weighted by Gasteiger charge is -2.22. The summed E-state index contributed by atoms with van der Waals surface area (Å²) in [6.07, 6.45) is 4.13. The number of hydrogen-bond donors (Lipinski definition) is 3. The van der Waals surface area contributed by atoms with Gasteiger partial charge in [-0.1, -0.05) is 0 Å². The first-order chi connectivity index (χ1) is 9.22. The van der Waals surface area contributed by atoms with E-state index in [2.05, 4.69) is 20.6 Å². The van der Waals surface area contributed by atoms with Gasteiger partial charge in [0.25, 0.3) is 0 Å². The van der Waals surface area contributed by atoms with Gasteiger partial charge in [-0.2, -0.15) is 10.2 Å². The number of nitrogens with two attached hydrogens (primary N) is 1. The van der Waals surface area contributed by atoms with E-state index in [4.69, 9.17) is 10.5 Å². The fraction of sp³-hybridized carbons (Fsp3) is 0.500. The number of rotatable bonds is 3. The molecule has 0 bridgehead atoms. The molecule has 0 saturated carbocycles. The Hall–Kier alpha value is -2.02. The maximum atomic E-state index is 5.88. The second-order valence-corrected chi connectivity index (χ2v) is 4.79. The van der Waals surface area contributed by atoms with E-state index in [1.165, 1.54) is 0 Å². The van der Waals surface area contributed by atoms with Gasteiger partial charge in [0.1, 0.15) is 11.8 Å². The number of piperidine rings is 1. The van der Waals surface area contributed by atoms with Crippen molar-refractivity contribution < 1.29 is 4.74 Å². The van der Waals surface area contributed by atoms with Gasteiger partial charge in [0.2, 0.25) is 5.88 Å². The Labute approximate surface area is 111 Å². The largest absolute Gasteiger partial charge is 0.475 e. The standard InChI is InChI=1S/C12H18N6O/c1-18-7-9(12(13)17-18)10-6-11(16-15-10)19-8-2-4-14-5-3-8/h6-8,14H,2-5H2,1H3,(H2,13,17)(H,15,16). The predicted molar refractivity (Wildman–Crippen MR) is 71.7 cm³/mol. The fourth-order valence-corrected chi connectivity index (χ4v) is 2.30. The lowest BCUT2D eigenvalue weighted by molar-refractivity contribution is 0.156. The van der Waals surface area contributed by atoms with E-state index in [-0.39, 0.29) is 6.10 Å². The van der Waals surface area contributed by atoms with Gasteiger partial charge in [-0.15, -0.1) is 0 Å². The van der Waals surface area contributed by atoms with E-state index in [9.17, 15) is 0 Å². The maximum absolute atomic E-state index is 5.88. The maximum Gasteiger partial charge on any atom is 0.209 e. The number of nitrogens with one attached hydrogen (secondary N) is 2. The molecule has 0 aliphatic carbocycles. The molecular formula is C12H18N6O. The summed E-state index contributed by atoms with van der Waals surface area (Å²) in [5.41, 5.74) is 7.41. The second kappa shape index (κ2) is 4.93. The zero-order valence-electron chi connectivity index (χ0n) is 10.9. The van der Waals surface area contributed by atoms with Crippen LogP contribution in [0.1, 0.15) is 12.8 Å². The van der Waals surface area contributed by atoms with Crippen LogP contribution in [0, 0.1) is 0 Å². The van der Waals surface area contributed by atoms with Crippen LogP contribution in [-0.4, -0.2) is 39.2 Å². The van der Waals surface area contributed by atoms with E-state index in [0.29, 0.717) is 11.7 Å².